The Morgan fingerprint density at radius 2 is 1.67 bits per heavy atom. The SMILES string of the molecule is CC(C)[C@H](NC(=O)c1ccc2ccccc2c1)C(=O)NCc1ccncc1. The topological polar surface area (TPSA) is 71.1 Å². The molecule has 0 unspecified atom stereocenters. The van der Waals surface area contributed by atoms with Gasteiger partial charge >= 0.3 is 0 Å². The smallest absolute Gasteiger partial charge is 0.251 e. The van der Waals surface area contributed by atoms with E-state index in [0.717, 1.165) is 16.3 Å². The maximum absolute atomic E-state index is 12.7. The average Bonchev–Trinajstić information content (AvgIpc) is 2.70. The van der Waals surface area contributed by atoms with Crippen molar-refractivity contribution in [1.29, 1.82) is 0 Å². The molecular weight excluding hydrogens is 338 g/mol. The second kappa shape index (κ2) is 8.45. The number of carbonyl (C=O) groups excluding carboxylic acids is 2. The molecule has 0 bridgehead atoms. The molecule has 0 aliphatic heterocycles. The van der Waals surface area contributed by atoms with Gasteiger partial charge in [0.05, 0.1) is 0 Å². The van der Waals surface area contributed by atoms with Gasteiger partial charge in [0.2, 0.25) is 5.91 Å². The second-order valence-corrected chi connectivity index (χ2v) is 6.83. The molecule has 0 aliphatic carbocycles. The third-order valence-corrected chi connectivity index (χ3v) is 4.46. The fraction of sp³-hybridized carbons (Fsp3) is 0.227. The summed E-state index contributed by atoms with van der Waals surface area (Å²) in [5.41, 5.74) is 1.50. The molecule has 5 heteroatoms. The Morgan fingerprint density at radius 3 is 2.37 bits per heavy atom. The van der Waals surface area contributed by atoms with Crippen LogP contribution in [0.25, 0.3) is 10.8 Å². The molecule has 138 valence electrons. The van der Waals surface area contributed by atoms with Gasteiger partial charge < -0.3 is 10.6 Å². The number of amides is 2. The summed E-state index contributed by atoms with van der Waals surface area (Å²) >= 11 is 0. The Morgan fingerprint density at radius 1 is 0.963 bits per heavy atom. The maximum atomic E-state index is 12.7. The molecule has 0 saturated carbocycles. The number of hydrogen-bond donors (Lipinski definition) is 2. The van der Waals surface area contributed by atoms with Gasteiger partial charge in [-0.3, -0.25) is 14.6 Å². The zero-order valence-corrected chi connectivity index (χ0v) is 15.5. The van der Waals surface area contributed by atoms with E-state index in [9.17, 15) is 9.59 Å². The number of rotatable bonds is 6. The minimum Gasteiger partial charge on any atom is -0.350 e. The molecule has 3 aromatic rings. The van der Waals surface area contributed by atoms with Crippen molar-refractivity contribution >= 4 is 22.6 Å². The molecule has 2 aromatic carbocycles. The molecule has 2 amide bonds. The van der Waals surface area contributed by atoms with Gasteiger partial charge in [-0.05, 0) is 46.5 Å². The van der Waals surface area contributed by atoms with Crippen LogP contribution in [0.1, 0.15) is 29.8 Å². The predicted octanol–water partition coefficient (Wildman–Crippen LogP) is 3.31. The highest BCUT2D eigenvalue weighted by molar-refractivity contribution is 6.00. The van der Waals surface area contributed by atoms with Gasteiger partial charge in [0, 0.05) is 24.5 Å². The van der Waals surface area contributed by atoms with E-state index in [1.54, 1.807) is 18.5 Å². The van der Waals surface area contributed by atoms with Crippen LogP contribution in [-0.4, -0.2) is 22.8 Å². The third kappa shape index (κ3) is 4.70. The summed E-state index contributed by atoms with van der Waals surface area (Å²) in [7, 11) is 0. The van der Waals surface area contributed by atoms with Gasteiger partial charge in [-0.2, -0.15) is 0 Å². The molecule has 1 atom stereocenters. The fourth-order valence-electron chi connectivity index (χ4n) is 2.89. The van der Waals surface area contributed by atoms with Crippen LogP contribution in [0, 0.1) is 5.92 Å². The van der Waals surface area contributed by atoms with Gasteiger partial charge in [-0.15, -0.1) is 0 Å². The zero-order valence-electron chi connectivity index (χ0n) is 15.5. The van der Waals surface area contributed by atoms with Gasteiger partial charge in [-0.1, -0.05) is 44.2 Å². The molecule has 27 heavy (non-hydrogen) atoms. The van der Waals surface area contributed by atoms with Crippen molar-refractivity contribution in [2.45, 2.75) is 26.4 Å². The van der Waals surface area contributed by atoms with Crippen LogP contribution in [0.15, 0.2) is 67.0 Å². The summed E-state index contributed by atoms with van der Waals surface area (Å²) in [6, 6.07) is 16.5. The molecule has 3 rings (SSSR count). The number of nitrogens with one attached hydrogen (secondary N) is 2. The quantitative estimate of drug-likeness (QED) is 0.708. The first kappa shape index (κ1) is 18.6. The normalized spacial score (nSPS) is 12.0. The maximum Gasteiger partial charge on any atom is 0.251 e. The summed E-state index contributed by atoms with van der Waals surface area (Å²) in [6.07, 6.45) is 3.37. The fourth-order valence-corrected chi connectivity index (χ4v) is 2.89. The number of benzene rings is 2. The number of pyridine rings is 1. The summed E-state index contributed by atoms with van der Waals surface area (Å²) in [5.74, 6) is -0.485. The van der Waals surface area contributed by atoms with Crippen molar-refractivity contribution < 1.29 is 9.59 Å². The first-order valence-corrected chi connectivity index (χ1v) is 9.01. The Labute approximate surface area is 158 Å². The average molecular weight is 361 g/mol. The van der Waals surface area contributed by atoms with Crippen LogP contribution in [-0.2, 0) is 11.3 Å². The molecule has 1 aromatic heterocycles. The van der Waals surface area contributed by atoms with E-state index in [1.807, 2.05) is 62.4 Å². The van der Waals surface area contributed by atoms with Crippen LogP contribution in [0.5, 0.6) is 0 Å². The minimum atomic E-state index is -0.606. The molecule has 0 radical (unpaired) electrons. The van der Waals surface area contributed by atoms with Crippen molar-refractivity contribution in [2.75, 3.05) is 0 Å². The van der Waals surface area contributed by atoms with Gasteiger partial charge in [-0.25, -0.2) is 0 Å². The first-order valence-electron chi connectivity index (χ1n) is 9.01. The Balaban J connectivity index is 1.68. The van der Waals surface area contributed by atoms with Crippen LogP contribution in [0.2, 0.25) is 0 Å². The van der Waals surface area contributed by atoms with E-state index < -0.39 is 6.04 Å². The standard InChI is InChI=1S/C22H23N3O2/c1-15(2)20(22(27)24-14-16-9-11-23-12-10-16)25-21(26)19-8-7-17-5-3-4-6-18(17)13-19/h3-13,15,20H,14H2,1-2H3,(H,24,27)(H,25,26)/t20-/m0/s1. The number of fused-ring (bicyclic) bond motifs is 1. The van der Waals surface area contributed by atoms with Crippen LogP contribution in [0.3, 0.4) is 0 Å². The number of nitrogens with zero attached hydrogens (tertiary/aromatic N) is 1. The van der Waals surface area contributed by atoms with Gasteiger partial charge in [0.15, 0.2) is 0 Å². The lowest BCUT2D eigenvalue weighted by Crippen LogP contribution is -2.49. The van der Waals surface area contributed by atoms with Crippen molar-refractivity contribution in [2.24, 2.45) is 5.92 Å². The lowest BCUT2D eigenvalue weighted by atomic mass is 10.0. The first-order chi connectivity index (χ1) is 13.0. The third-order valence-electron chi connectivity index (χ3n) is 4.46. The highest BCUT2D eigenvalue weighted by Crippen LogP contribution is 2.16. The Kier molecular flexibility index (Phi) is 5.81. The highest BCUT2D eigenvalue weighted by atomic mass is 16.2. The minimum absolute atomic E-state index is 0.0353. The highest BCUT2D eigenvalue weighted by Gasteiger charge is 2.24. The van der Waals surface area contributed by atoms with E-state index in [4.69, 9.17) is 0 Å². The molecule has 1 heterocycles. The van der Waals surface area contributed by atoms with Crippen molar-refractivity contribution in [3.8, 4) is 0 Å². The van der Waals surface area contributed by atoms with Gasteiger partial charge in [0.25, 0.3) is 5.91 Å². The number of aromatic nitrogens is 1. The molecular formula is C22H23N3O2. The lowest BCUT2D eigenvalue weighted by Gasteiger charge is -2.22. The summed E-state index contributed by atoms with van der Waals surface area (Å²) in [6.45, 7) is 4.23. The lowest BCUT2D eigenvalue weighted by molar-refractivity contribution is -0.124. The van der Waals surface area contributed by atoms with E-state index in [1.165, 1.54) is 0 Å². The van der Waals surface area contributed by atoms with Gasteiger partial charge in [0.1, 0.15) is 6.04 Å². The summed E-state index contributed by atoms with van der Waals surface area (Å²) < 4.78 is 0. The van der Waals surface area contributed by atoms with E-state index in [0.29, 0.717) is 12.1 Å². The van der Waals surface area contributed by atoms with Crippen molar-refractivity contribution in [3.63, 3.8) is 0 Å². The second-order valence-electron chi connectivity index (χ2n) is 6.83. The Bertz CT molecular complexity index is 938. The monoisotopic (exact) mass is 361 g/mol. The van der Waals surface area contributed by atoms with E-state index >= 15 is 0 Å². The molecule has 0 spiro atoms. The molecule has 2 N–H and O–H groups in total. The van der Waals surface area contributed by atoms with Crippen LogP contribution >= 0.6 is 0 Å². The Hall–Kier alpha value is -3.21. The summed E-state index contributed by atoms with van der Waals surface area (Å²) in [4.78, 5) is 29.2. The summed E-state index contributed by atoms with van der Waals surface area (Å²) in [5, 5.41) is 7.82. The number of hydrogen-bond acceptors (Lipinski definition) is 3. The van der Waals surface area contributed by atoms with Crippen molar-refractivity contribution in [1.82, 2.24) is 15.6 Å². The van der Waals surface area contributed by atoms with Crippen LogP contribution in [0.4, 0.5) is 0 Å². The molecule has 5 nitrogen and oxygen atoms in total. The predicted molar refractivity (Wildman–Crippen MR) is 106 cm³/mol. The zero-order chi connectivity index (χ0) is 19.2. The molecule has 0 saturated heterocycles. The van der Waals surface area contributed by atoms with Crippen LogP contribution < -0.4 is 10.6 Å². The molecule has 0 fully saturated rings. The number of carbonyl (C=O) groups is 2. The molecule has 0 aliphatic rings. The van der Waals surface area contributed by atoms with Crippen molar-refractivity contribution in [3.05, 3.63) is 78.1 Å². The van der Waals surface area contributed by atoms with E-state index in [2.05, 4.69) is 15.6 Å². The van der Waals surface area contributed by atoms with E-state index in [-0.39, 0.29) is 17.7 Å². The largest absolute Gasteiger partial charge is 0.350 e.